The maximum Gasteiger partial charge on any atom is 0.316 e. The van der Waals surface area contributed by atoms with E-state index in [2.05, 4.69) is 15.5 Å². The number of aliphatic hydroxyl groups excluding tert-OH is 1. The van der Waals surface area contributed by atoms with E-state index in [0.29, 0.717) is 5.82 Å². The third-order valence-corrected chi connectivity index (χ3v) is 3.87. The van der Waals surface area contributed by atoms with E-state index in [4.69, 9.17) is 4.52 Å². The maximum absolute atomic E-state index is 11.9. The number of thiophene rings is 1. The number of carbonyl (C=O) groups is 1. The van der Waals surface area contributed by atoms with Crippen molar-refractivity contribution in [3.05, 3.63) is 59.3 Å². The van der Waals surface area contributed by atoms with Gasteiger partial charge in [-0.25, -0.2) is 0 Å². The van der Waals surface area contributed by atoms with Gasteiger partial charge in [-0.15, -0.1) is 11.3 Å². The fourth-order valence-electron chi connectivity index (χ4n) is 1.88. The standard InChI is InChI=1S/C15H13N3O3S/c19-11(10-5-2-1-3-6-10)9-16-14(20)15-17-13(18-21-15)12-7-4-8-22-12/h1-8,11,19H,9H2,(H,16,20)/t11-/m0/s1. The predicted molar refractivity (Wildman–Crippen MR) is 81.3 cm³/mol. The van der Waals surface area contributed by atoms with Gasteiger partial charge in [0.2, 0.25) is 5.82 Å². The maximum atomic E-state index is 11.9. The largest absolute Gasteiger partial charge is 0.387 e. The molecular formula is C15H13N3O3S. The number of amides is 1. The molecule has 1 aromatic carbocycles. The number of aliphatic hydroxyl groups is 1. The van der Waals surface area contributed by atoms with E-state index < -0.39 is 12.0 Å². The molecule has 0 aliphatic rings. The monoisotopic (exact) mass is 315 g/mol. The normalized spacial score (nSPS) is 12.0. The Morgan fingerprint density at radius 2 is 2.09 bits per heavy atom. The van der Waals surface area contributed by atoms with Crippen LogP contribution in [0.2, 0.25) is 0 Å². The highest BCUT2D eigenvalue weighted by atomic mass is 32.1. The van der Waals surface area contributed by atoms with Gasteiger partial charge < -0.3 is 14.9 Å². The lowest BCUT2D eigenvalue weighted by Gasteiger charge is -2.10. The minimum absolute atomic E-state index is 0.0690. The van der Waals surface area contributed by atoms with Gasteiger partial charge in [0, 0.05) is 6.54 Å². The first-order valence-electron chi connectivity index (χ1n) is 6.63. The topological polar surface area (TPSA) is 88.2 Å². The zero-order chi connectivity index (χ0) is 15.4. The Morgan fingerprint density at radius 3 is 2.82 bits per heavy atom. The Balaban J connectivity index is 1.61. The van der Waals surface area contributed by atoms with Crippen LogP contribution >= 0.6 is 11.3 Å². The van der Waals surface area contributed by atoms with Crippen LogP contribution in [0.1, 0.15) is 22.4 Å². The second-order valence-corrected chi connectivity index (χ2v) is 5.48. The van der Waals surface area contributed by atoms with Crippen LogP contribution in [0.5, 0.6) is 0 Å². The lowest BCUT2D eigenvalue weighted by atomic mass is 10.1. The van der Waals surface area contributed by atoms with Crippen LogP contribution in [0.3, 0.4) is 0 Å². The van der Waals surface area contributed by atoms with E-state index in [9.17, 15) is 9.90 Å². The Morgan fingerprint density at radius 1 is 1.27 bits per heavy atom. The van der Waals surface area contributed by atoms with Gasteiger partial charge in [0.25, 0.3) is 0 Å². The van der Waals surface area contributed by atoms with Crippen molar-refractivity contribution in [3.8, 4) is 10.7 Å². The summed E-state index contributed by atoms with van der Waals surface area (Å²) in [6, 6.07) is 12.8. The fourth-order valence-corrected chi connectivity index (χ4v) is 2.53. The highest BCUT2D eigenvalue weighted by Crippen LogP contribution is 2.21. The van der Waals surface area contributed by atoms with E-state index in [1.165, 1.54) is 11.3 Å². The molecule has 2 N–H and O–H groups in total. The number of aromatic nitrogens is 2. The number of hydrogen-bond donors (Lipinski definition) is 2. The first-order valence-corrected chi connectivity index (χ1v) is 7.51. The third kappa shape index (κ3) is 3.21. The summed E-state index contributed by atoms with van der Waals surface area (Å²) in [7, 11) is 0. The first-order chi connectivity index (χ1) is 10.7. The van der Waals surface area contributed by atoms with E-state index in [0.717, 1.165) is 10.4 Å². The lowest BCUT2D eigenvalue weighted by Crippen LogP contribution is -2.28. The number of carbonyl (C=O) groups excluding carboxylic acids is 1. The molecule has 0 fully saturated rings. The van der Waals surface area contributed by atoms with Crippen molar-refractivity contribution >= 4 is 17.2 Å². The molecule has 0 radical (unpaired) electrons. The van der Waals surface area contributed by atoms with Crippen LogP contribution in [-0.4, -0.2) is 27.7 Å². The minimum atomic E-state index is -0.787. The molecule has 2 heterocycles. The number of nitrogens with zero attached hydrogens (tertiary/aromatic N) is 2. The molecule has 0 aliphatic carbocycles. The first kappa shape index (κ1) is 14.4. The van der Waals surface area contributed by atoms with Crippen molar-refractivity contribution in [3.63, 3.8) is 0 Å². The molecule has 3 aromatic rings. The SMILES string of the molecule is O=C(NC[C@H](O)c1ccccc1)c1nc(-c2cccs2)no1. The lowest BCUT2D eigenvalue weighted by molar-refractivity contribution is 0.0873. The van der Waals surface area contributed by atoms with Crippen molar-refractivity contribution < 1.29 is 14.4 Å². The summed E-state index contributed by atoms with van der Waals surface area (Å²) in [6.45, 7) is 0.0690. The molecule has 0 saturated carbocycles. The Kier molecular flexibility index (Phi) is 4.27. The number of rotatable bonds is 5. The molecule has 0 unspecified atom stereocenters. The molecule has 0 bridgehead atoms. The van der Waals surface area contributed by atoms with Gasteiger partial charge in [0.15, 0.2) is 0 Å². The molecule has 7 heteroatoms. The summed E-state index contributed by atoms with van der Waals surface area (Å²) in [6.07, 6.45) is -0.787. The van der Waals surface area contributed by atoms with Gasteiger partial charge in [-0.1, -0.05) is 41.6 Å². The summed E-state index contributed by atoms with van der Waals surface area (Å²) < 4.78 is 4.94. The van der Waals surface area contributed by atoms with Crippen molar-refractivity contribution in [1.82, 2.24) is 15.5 Å². The zero-order valence-electron chi connectivity index (χ0n) is 11.5. The van der Waals surface area contributed by atoms with Gasteiger partial charge in [0.05, 0.1) is 11.0 Å². The van der Waals surface area contributed by atoms with Gasteiger partial charge in [0.1, 0.15) is 0 Å². The molecule has 22 heavy (non-hydrogen) atoms. The van der Waals surface area contributed by atoms with Gasteiger partial charge >= 0.3 is 11.8 Å². The summed E-state index contributed by atoms with van der Waals surface area (Å²) >= 11 is 1.46. The highest BCUT2D eigenvalue weighted by Gasteiger charge is 2.17. The molecule has 1 atom stereocenters. The summed E-state index contributed by atoms with van der Waals surface area (Å²) in [5.74, 6) is -0.252. The smallest absolute Gasteiger partial charge is 0.316 e. The van der Waals surface area contributed by atoms with E-state index in [-0.39, 0.29) is 12.4 Å². The molecule has 6 nitrogen and oxygen atoms in total. The van der Waals surface area contributed by atoms with E-state index in [1.807, 2.05) is 35.7 Å². The molecule has 0 spiro atoms. The van der Waals surface area contributed by atoms with Gasteiger partial charge in [-0.3, -0.25) is 4.79 Å². The molecular weight excluding hydrogens is 302 g/mol. The number of nitrogens with one attached hydrogen (secondary N) is 1. The fraction of sp³-hybridized carbons (Fsp3) is 0.133. The Hall–Kier alpha value is -2.51. The third-order valence-electron chi connectivity index (χ3n) is 3.00. The second kappa shape index (κ2) is 6.50. The van der Waals surface area contributed by atoms with Gasteiger partial charge in [-0.2, -0.15) is 4.98 Å². The van der Waals surface area contributed by atoms with Crippen LogP contribution in [0.15, 0.2) is 52.4 Å². The molecule has 0 saturated heterocycles. The van der Waals surface area contributed by atoms with Crippen LogP contribution in [0.4, 0.5) is 0 Å². The summed E-state index contributed by atoms with van der Waals surface area (Å²) in [5, 5.41) is 18.2. The van der Waals surface area contributed by atoms with Crippen LogP contribution in [0.25, 0.3) is 10.7 Å². The Bertz CT molecular complexity index is 741. The van der Waals surface area contributed by atoms with Crippen molar-refractivity contribution in [2.45, 2.75) is 6.10 Å². The molecule has 112 valence electrons. The molecule has 0 aliphatic heterocycles. The average Bonchev–Trinajstić information content (AvgIpc) is 3.23. The van der Waals surface area contributed by atoms with Crippen LogP contribution < -0.4 is 5.32 Å². The Labute approximate surface area is 130 Å². The van der Waals surface area contributed by atoms with E-state index >= 15 is 0 Å². The van der Waals surface area contributed by atoms with Crippen molar-refractivity contribution in [2.24, 2.45) is 0 Å². The molecule has 1 amide bonds. The highest BCUT2D eigenvalue weighted by molar-refractivity contribution is 7.13. The number of benzene rings is 1. The van der Waals surface area contributed by atoms with Crippen LogP contribution in [-0.2, 0) is 0 Å². The van der Waals surface area contributed by atoms with Crippen LogP contribution in [0, 0.1) is 0 Å². The van der Waals surface area contributed by atoms with Crippen molar-refractivity contribution in [1.29, 1.82) is 0 Å². The van der Waals surface area contributed by atoms with Gasteiger partial charge in [-0.05, 0) is 17.0 Å². The van der Waals surface area contributed by atoms with E-state index in [1.54, 1.807) is 12.1 Å². The predicted octanol–water partition coefficient (Wildman–Crippen LogP) is 2.26. The average molecular weight is 315 g/mol. The zero-order valence-corrected chi connectivity index (χ0v) is 12.3. The van der Waals surface area contributed by atoms with Crippen molar-refractivity contribution in [2.75, 3.05) is 6.54 Å². The second-order valence-electron chi connectivity index (χ2n) is 4.54. The summed E-state index contributed by atoms with van der Waals surface area (Å²) in [4.78, 5) is 16.8. The summed E-state index contributed by atoms with van der Waals surface area (Å²) in [5.41, 5.74) is 0.729. The quantitative estimate of drug-likeness (QED) is 0.754. The molecule has 3 rings (SSSR count). The molecule has 2 aromatic heterocycles. The minimum Gasteiger partial charge on any atom is -0.387 e. The number of hydrogen-bond acceptors (Lipinski definition) is 6.